The van der Waals surface area contributed by atoms with Crippen molar-refractivity contribution in [2.75, 3.05) is 14.2 Å². The second kappa shape index (κ2) is 6.57. The van der Waals surface area contributed by atoms with Gasteiger partial charge in [0.25, 0.3) is 0 Å². The summed E-state index contributed by atoms with van der Waals surface area (Å²) in [7, 11) is 3.30. The van der Waals surface area contributed by atoms with E-state index >= 15 is 0 Å². The number of alkyl halides is 1. The van der Waals surface area contributed by atoms with Gasteiger partial charge in [-0.25, -0.2) is 0 Å². The average molecular weight is 362 g/mol. The molecular formula is C16H22BrClO2. The van der Waals surface area contributed by atoms with Gasteiger partial charge in [0.15, 0.2) is 11.5 Å². The first-order valence-corrected chi connectivity index (χ1v) is 8.30. The molecule has 0 radical (unpaired) electrons. The van der Waals surface area contributed by atoms with Crippen LogP contribution in [0.15, 0.2) is 16.6 Å². The summed E-state index contributed by atoms with van der Waals surface area (Å²) in [5, 5.41) is -0.0167. The molecule has 112 valence electrons. The topological polar surface area (TPSA) is 18.5 Å². The van der Waals surface area contributed by atoms with Crippen LogP contribution in [0.5, 0.6) is 11.5 Å². The summed E-state index contributed by atoms with van der Waals surface area (Å²) in [5.74, 6) is 1.46. The molecule has 0 spiro atoms. The van der Waals surface area contributed by atoms with Crippen LogP contribution in [0.2, 0.25) is 0 Å². The third-order valence-electron chi connectivity index (χ3n) is 4.38. The third kappa shape index (κ3) is 3.09. The van der Waals surface area contributed by atoms with Crippen molar-refractivity contribution in [3.05, 3.63) is 22.2 Å². The van der Waals surface area contributed by atoms with E-state index in [1.54, 1.807) is 14.2 Å². The number of benzene rings is 1. The number of methoxy groups -OCH3 is 2. The highest BCUT2D eigenvalue weighted by atomic mass is 79.9. The highest BCUT2D eigenvalue weighted by molar-refractivity contribution is 9.10. The molecule has 20 heavy (non-hydrogen) atoms. The van der Waals surface area contributed by atoms with E-state index in [0.29, 0.717) is 0 Å². The van der Waals surface area contributed by atoms with Gasteiger partial charge < -0.3 is 9.47 Å². The summed E-state index contributed by atoms with van der Waals surface area (Å²) in [6.07, 6.45) is 6.23. The Kier molecular flexibility index (Phi) is 5.25. The normalized spacial score (nSPS) is 19.4. The van der Waals surface area contributed by atoms with Crippen molar-refractivity contribution < 1.29 is 9.47 Å². The number of ether oxygens (including phenoxy) is 2. The lowest BCUT2D eigenvalue weighted by Crippen LogP contribution is -2.25. The minimum atomic E-state index is -0.0167. The van der Waals surface area contributed by atoms with Crippen LogP contribution in [0.3, 0.4) is 0 Å². The first-order valence-electron chi connectivity index (χ1n) is 7.07. The van der Waals surface area contributed by atoms with Crippen LogP contribution < -0.4 is 9.47 Å². The summed E-state index contributed by atoms with van der Waals surface area (Å²) in [5.41, 5.74) is 1.25. The molecule has 4 heteroatoms. The van der Waals surface area contributed by atoms with E-state index in [1.165, 1.54) is 32.1 Å². The summed E-state index contributed by atoms with van der Waals surface area (Å²) in [4.78, 5) is 0. The first kappa shape index (κ1) is 16.0. The molecule has 1 saturated carbocycles. The molecule has 1 atom stereocenters. The molecule has 2 nitrogen and oxygen atoms in total. The van der Waals surface area contributed by atoms with Crippen molar-refractivity contribution in [3.63, 3.8) is 0 Å². The molecule has 1 fully saturated rings. The zero-order valence-corrected chi connectivity index (χ0v) is 14.7. The molecule has 0 amide bonds. The van der Waals surface area contributed by atoms with Crippen molar-refractivity contribution in [2.45, 2.75) is 44.4 Å². The molecule has 1 aliphatic carbocycles. The van der Waals surface area contributed by atoms with Crippen LogP contribution in [0, 0.1) is 5.41 Å². The molecule has 1 aliphatic rings. The van der Waals surface area contributed by atoms with Gasteiger partial charge in [-0.3, -0.25) is 0 Å². The summed E-state index contributed by atoms with van der Waals surface area (Å²) < 4.78 is 11.7. The molecule has 0 aromatic heterocycles. The zero-order valence-electron chi connectivity index (χ0n) is 12.3. The van der Waals surface area contributed by atoms with E-state index in [9.17, 15) is 0 Å². The highest BCUT2D eigenvalue weighted by Crippen LogP contribution is 2.51. The second-order valence-corrected chi connectivity index (χ2v) is 7.10. The van der Waals surface area contributed by atoms with E-state index in [2.05, 4.69) is 22.9 Å². The highest BCUT2D eigenvalue weighted by Gasteiger charge is 2.36. The number of hydrogen-bond acceptors (Lipinski definition) is 2. The first-order chi connectivity index (χ1) is 9.51. The van der Waals surface area contributed by atoms with Gasteiger partial charge in [0, 0.05) is 4.47 Å². The van der Waals surface area contributed by atoms with E-state index < -0.39 is 0 Å². The lowest BCUT2D eigenvalue weighted by atomic mass is 9.71. The maximum absolute atomic E-state index is 6.83. The molecule has 2 rings (SSSR count). The van der Waals surface area contributed by atoms with E-state index in [0.717, 1.165) is 21.5 Å². The average Bonchev–Trinajstić information content (AvgIpc) is 2.47. The Bertz CT molecular complexity index is 470. The molecule has 1 unspecified atom stereocenters. The molecule has 0 saturated heterocycles. The minimum Gasteiger partial charge on any atom is -0.493 e. The summed E-state index contributed by atoms with van der Waals surface area (Å²) >= 11 is 10.5. The van der Waals surface area contributed by atoms with Crippen LogP contribution in [0.4, 0.5) is 0 Å². The Morgan fingerprint density at radius 3 is 2.20 bits per heavy atom. The quantitative estimate of drug-likeness (QED) is 0.639. The van der Waals surface area contributed by atoms with Crippen LogP contribution in [-0.4, -0.2) is 14.2 Å². The van der Waals surface area contributed by atoms with Gasteiger partial charge in [-0.2, -0.15) is 0 Å². The van der Waals surface area contributed by atoms with Gasteiger partial charge in [-0.05, 0) is 36.0 Å². The molecule has 1 aromatic carbocycles. The Hall–Kier alpha value is -0.410. The predicted molar refractivity (Wildman–Crippen MR) is 87.0 cm³/mol. The smallest absolute Gasteiger partial charge is 0.161 e. The number of halogens is 2. The van der Waals surface area contributed by atoms with Gasteiger partial charge in [-0.1, -0.05) is 42.1 Å². The fourth-order valence-corrected chi connectivity index (χ4v) is 4.13. The molecule has 1 aromatic rings. The van der Waals surface area contributed by atoms with Gasteiger partial charge in [0.05, 0.1) is 19.6 Å². The van der Waals surface area contributed by atoms with Gasteiger partial charge in [-0.15, -0.1) is 11.6 Å². The minimum absolute atomic E-state index is 0.0167. The van der Waals surface area contributed by atoms with Crippen molar-refractivity contribution in [1.29, 1.82) is 0 Å². The van der Waals surface area contributed by atoms with Crippen LogP contribution in [0.25, 0.3) is 0 Å². The fourth-order valence-electron chi connectivity index (χ4n) is 3.05. The molecule has 0 bridgehead atoms. The lowest BCUT2D eigenvalue weighted by molar-refractivity contribution is 0.206. The van der Waals surface area contributed by atoms with Crippen LogP contribution in [-0.2, 0) is 0 Å². The number of hydrogen-bond donors (Lipinski definition) is 0. The monoisotopic (exact) mass is 360 g/mol. The van der Waals surface area contributed by atoms with Crippen LogP contribution in [0.1, 0.15) is 50.0 Å². The second-order valence-electron chi connectivity index (χ2n) is 5.81. The Balaban J connectivity index is 2.36. The summed E-state index contributed by atoms with van der Waals surface area (Å²) in [6.45, 7) is 2.30. The van der Waals surface area contributed by atoms with Crippen molar-refractivity contribution in [1.82, 2.24) is 0 Å². The standard InChI is InChI=1S/C16H22BrClO2/c1-16(7-5-4-6-8-16)15(18)11-9-13(19-2)14(20-3)10-12(11)17/h9-10,15H,4-8H2,1-3H3. The fraction of sp³-hybridized carbons (Fsp3) is 0.625. The Labute approximate surface area is 134 Å². The predicted octanol–water partition coefficient (Wildman–Crippen LogP) is 5.72. The SMILES string of the molecule is COc1cc(Br)c(C(Cl)C2(C)CCCCC2)cc1OC. The van der Waals surface area contributed by atoms with Crippen molar-refractivity contribution in [3.8, 4) is 11.5 Å². The van der Waals surface area contributed by atoms with Crippen molar-refractivity contribution in [2.24, 2.45) is 5.41 Å². The molecular weight excluding hydrogens is 340 g/mol. The van der Waals surface area contributed by atoms with Gasteiger partial charge in [0.2, 0.25) is 0 Å². The van der Waals surface area contributed by atoms with Gasteiger partial charge in [0.1, 0.15) is 0 Å². The maximum Gasteiger partial charge on any atom is 0.161 e. The zero-order chi connectivity index (χ0) is 14.8. The van der Waals surface area contributed by atoms with E-state index in [1.807, 2.05) is 12.1 Å². The third-order valence-corrected chi connectivity index (χ3v) is 5.83. The Morgan fingerprint density at radius 1 is 1.10 bits per heavy atom. The van der Waals surface area contributed by atoms with E-state index in [-0.39, 0.29) is 10.8 Å². The summed E-state index contributed by atoms with van der Waals surface area (Å²) in [6, 6.07) is 3.94. The molecule has 0 aliphatic heterocycles. The van der Waals surface area contributed by atoms with Crippen LogP contribution >= 0.6 is 27.5 Å². The molecule has 0 N–H and O–H groups in total. The Morgan fingerprint density at radius 2 is 1.65 bits per heavy atom. The number of rotatable bonds is 4. The van der Waals surface area contributed by atoms with Gasteiger partial charge >= 0.3 is 0 Å². The molecule has 0 heterocycles. The van der Waals surface area contributed by atoms with Crippen molar-refractivity contribution >= 4 is 27.5 Å². The maximum atomic E-state index is 6.83. The largest absolute Gasteiger partial charge is 0.493 e. The lowest BCUT2D eigenvalue weighted by Gasteiger charge is -2.38. The van der Waals surface area contributed by atoms with E-state index in [4.69, 9.17) is 21.1 Å².